The van der Waals surface area contributed by atoms with E-state index in [1.165, 1.54) is 0 Å². The van der Waals surface area contributed by atoms with Crippen molar-refractivity contribution in [1.29, 1.82) is 0 Å². The van der Waals surface area contributed by atoms with Gasteiger partial charge in [0.05, 0.1) is 0 Å². The number of aryl methyl sites for hydroxylation is 1. The number of thioether (sulfide) groups is 1. The minimum atomic E-state index is 0.242. The molecule has 0 aromatic carbocycles. The molecule has 1 aliphatic rings. The van der Waals surface area contributed by atoms with Crippen molar-refractivity contribution in [1.82, 2.24) is 15.1 Å². The van der Waals surface area contributed by atoms with Crippen LogP contribution in [0, 0.1) is 0 Å². The highest BCUT2D eigenvalue weighted by molar-refractivity contribution is 8.14. The first-order chi connectivity index (χ1) is 8.22. The third kappa shape index (κ3) is 3.49. The first-order valence-electron chi connectivity index (χ1n) is 6.15. The quantitative estimate of drug-likeness (QED) is 0.816. The molecule has 4 nitrogen and oxygen atoms in total. The van der Waals surface area contributed by atoms with Gasteiger partial charge in [-0.3, -0.25) is 9.67 Å². The van der Waals surface area contributed by atoms with Crippen LogP contribution in [0.25, 0.3) is 0 Å². The lowest BCUT2D eigenvalue weighted by molar-refractivity contribution is 0.466. The molecule has 0 amide bonds. The van der Waals surface area contributed by atoms with Crippen molar-refractivity contribution in [2.45, 2.75) is 38.8 Å². The van der Waals surface area contributed by atoms with Crippen LogP contribution in [0.5, 0.6) is 0 Å². The number of hydrogen-bond acceptors (Lipinski definition) is 3. The number of amidine groups is 1. The Bertz CT molecular complexity index is 374. The molecule has 1 fully saturated rings. The Kier molecular flexibility index (Phi) is 4.10. The number of nitrogens with one attached hydrogen (secondary N) is 1. The van der Waals surface area contributed by atoms with Gasteiger partial charge in [-0.25, -0.2) is 0 Å². The molecule has 2 rings (SSSR count). The average molecular weight is 252 g/mol. The maximum Gasteiger partial charge on any atom is 0.157 e. The van der Waals surface area contributed by atoms with Crippen LogP contribution in [0.2, 0.25) is 0 Å². The van der Waals surface area contributed by atoms with E-state index in [0.29, 0.717) is 0 Å². The summed E-state index contributed by atoms with van der Waals surface area (Å²) in [5, 5.41) is 8.78. The lowest BCUT2D eigenvalue weighted by atomic mass is 10.0. The van der Waals surface area contributed by atoms with Gasteiger partial charge in [0.2, 0.25) is 0 Å². The summed E-state index contributed by atoms with van der Waals surface area (Å²) in [6.07, 6.45) is 5.99. The summed E-state index contributed by atoms with van der Waals surface area (Å²) in [6, 6.07) is 1.95. The summed E-state index contributed by atoms with van der Waals surface area (Å²) in [4.78, 5) is 4.59. The smallest absolute Gasteiger partial charge is 0.157 e. The third-order valence-corrected chi connectivity index (χ3v) is 4.36. The average Bonchev–Trinajstić information content (AvgIpc) is 2.95. The summed E-state index contributed by atoms with van der Waals surface area (Å²) in [6.45, 7) is 6.29. The van der Waals surface area contributed by atoms with Crippen LogP contribution in [-0.4, -0.2) is 32.8 Å². The minimum absolute atomic E-state index is 0.242. The fourth-order valence-corrected chi connectivity index (χ4v) is 2.91. The Labute approximate surface area is 107 Å². The van der Waals surface area contributed by atoms with E-state index in [1.54, 1.807) is 0 Å². The van der Waals surface area contributed by atoms with E-state index in [2.05, 4.69) is 29.3 Å². The van der Waals surface area contributed by atoms with Crippen molar-refractivity contribution in [2.24, 2.45) is 4.99 Å². The summed E-state index contributed by atoms with van der Waals surface area (Å²) < 4.78 is 1.95. The molecule has 1 saturated heterocycles. The van der Waals surface area contributed by atoms with Crippen molar-refractivity contribution >= 4 is 16.9 Å². The highest BCUT2D eigenvalue weighted by Gasteiger charge is 2.30. The monoisotopic (exact) mass is 252 g/mol. The fraction of sp³-hybridized carbons (Fsp3) is 0.667. The van der Waals surface area contributed by atoms with Crippen LogP contribution in [0.4, 0.5) is 0 Å². The number of aromatic nitrogens is 2. The Morgan fingerprint density at radius 2 is 2.53 bits per heavy atom. The molecule has 1 unspecified atom stereocenters. The van der Waals surface area contributed by atoms with Crippen molar-refractivity contribution in [3.63, 3.8) is 0 Å². The number of hydrogen-bond donors (Lipinski definition) is 1. The predicted molar refractivity (Wildman–Crippen MR) is 73.4 cm³/mol. The standard InChI is InChI=1S/C12H20N4S/c1-3-12(2)10-17-11(15-12)13-6-4-8-16-9-5-7-14-16/h5,7,9H,3-4,6,8,10H2,1-2H3,(H,13,15). The second-order valence-electron chi connectivity index (χ2n) is 4.64. The molecule has 1 aromatic rings. The topological polar surface area (TPSA) is 42.2 Å². The largest absolute Gasteiger partial charge is 0.359 e. The van der Waals surface area contributed by atoms with E-state index in [4.69, 9.17) is 0 Å². The molecule has 17 heavy (non-hydrogen) atoms. The molecule has 94 valence electrons. The Morgan fingerprint density at radius 1 is 1.65 bits per heavy atom. The summed E-state index contributed by atoms with van der Waals surface area (Å²) in [7, 11) is 0. The van der Waals surface area contributed by atoms with Crippen LogP contribution in [0.3, 0.4) is 0 Å². The van der Waals surface area contributed by atoms with Gasteiger partial charge < -0.3 is 5.32 Å². The van der Waals surface area contributed by atoms with Crippen molar-refractivity contribution in [3.05, 3.63) is 18.5 Å². The first kappa shape index (κ1) is 12.5. The summed E-state index contributed by atoms with van der Waals surface area (Å²) in [5.41, 5.74) is 0.242. The van der Waals surface area contributed by atoms with Gasteiger partial charge in [0.1, 0.15) is 0 Å². The molecule has 0 aliphatic carbocycles. The van der Waals surface area contributed by atoms with Gasteiger partial charge in [0, 0.05) is 36.8 Å². The van der Waals surface area contributed by atoms with Crippen LogP contribution < -0.4 is 5.32 Å². The van der Waals surface area contributed by atoms with E-state index in [9.17, 15) is 0 Å². The zero-order valence-electron chi connectivity index (χ0n) is 10.5. The van der Waals surface area contributed by atoms with E-state index in [-0.39, 0.29) is 5.54 Å². The number of rotatable bonds is 5. The maximum absolute atomic E-state index is 4.59. The van der Waals surface area contributed by atoms with Crippen LogP contribution in [-0.2, 0) is 6.54 Å². The first-order valence-corrected chi connectivity index (χ1v) is 7.13. The molecule has 1 aromatic heterocycles. The summed E-state index contributed by atoms with van der Waals surface area (Å²) >= 11 is 1.84. The highest BCUT2D eigenvalue weighted by Crippen LogP contribution is 2.25. The third-order valence-electron chi connectivity index (χ3n) is 3.08. The molecule has 5 heteroatoms. The predicted octanol–water partition coefficient (Wildman–Crippen LogP) is 2.13. The minimum Gasteiger partial charge on any atom is -0.359 e. The van der Waals surface area contributed by atoms with Crippen LogP contribution in [0.15, 0.2) is 23.5 Å². The van der Waals surface area contributed by atoms with E-state index < -0.39 is 0 Å². The van der Waals surface area contributed by atoms with Gasteiger partial charge in [-0.05, 0) is 25.8 Å². The Morgan fingerprint density at radius 3 is 3.18 bits per heavy atom. The SMILES string of the molecule is CCC1(C)CSC(=NCCCn2cccn2)N1. The molecular weight excluding hydrogens is 232 g/mol. The second-order valence-corrected chi connectivity index (χ2v) is 5.60. The van der Waals surface area contributed by atoms with Crippen LogP contribution >= 0.6 is 11.8 Å². The molecule has 1 aliphatic heterocycles. The molecule has 0 saturated carbocycles. The van der Waals surface area contributed by atoms with Crippen LogP contribution in [0.1, 0.15) is 26.7 Å². The molecule has 1 N–H and O–H groups in total. The lowest BCUT2D eigenvalue weighted by Gasteiger charge is -2.20. The van der Waals surface area contributed by atoms with E-state index in [0.717, 1.165) is 36.9 Å². The lowest BCUT2D eigenvalue weighted by Crippen LogP contribution is -2.39. The Hall–Kier alpha value is -0.970. The fourth-order valence-electron chi connectivity index (χ4n) is 1.68. The van der Waals surface area contributed by atoms with Crippen molar-refractivity contribution in [3.8, 4) is 0 Å². The Balaban J connectivity index is 1.71. The highest BCUT2D eigenvalue weighted by atomic mass is 32.2. The molecule has 0 spiro atoms. The van der Waals surface area contributed by atoms with Gasteiger partial charge in [-0.1, -0.05) is 18.7 Å². The van der Waals surface area contributed by atoms with E-state index >= 15 is 0 Å². The number of nitrogens with zero attached hydrogens (tertiary/aromatic N) is 3. The van der Waals surface area contributed by atoms with Gasteiger partial charge in [0.25, 0.3) is 0 Å². The van der Waals surface area contributed by atoms with Crippen molar-refractivity contribution < 1.29 is 0 Å². The van der Waals surface area contributed by atoms with Gasteiger partial charge in [-0.15, -0.1) is 0 Å². The zero-order valence-corrected chi connectivity index (χ0v) is 11.3. The molecule has 0 bridgehead atoms. The normalized spacial score (nSPS) is 26.4. The molecular formula is C12H20N4S. The van der Waals surface area contributed by atoms with Gasteiger partial charge >= 0.3 is 0 Å². The molecule has 2 heterocycles. The maximum atomic E-state index is 4.59. The zero-order chi connectivity index (χ0) is 12.1. The molecule has 0 radical (unpaired) electrons. The molecule has 1 atom stereocenters. The summed E-state index contributed by atoms with van der Waals surface area (Å²) in [5.74, 6) is 1.13. The van der Waals surface area contributed by atoms with E-state index in [1.807, 2.05) is 34.9 Å². The van der Waals surface area contributed by atoms with Gasteiger partial charge in [-0.2, -0.15) is 5.10 Å². The number of aliphatic imine (C=N–C) groups is 1. The van der Waals surface area contributed by atoms with Gasteiger partial charge in [0.15, 0.2) is 5.17 Å². The second kappa shape index (κ2) is 5.58. The van der Waals surface area contributed by atoms with Crippen molar-refractivity contribution in [2.75, 3.05) is 12.3 Å².